The van der Waals surface area contributed by atoms with Crippen LogP contribution in [0.3, 0.4) is 0 Å². The number of benzene rings is 1. The Balaban J connectivity index is 2.48. The average Bonchev–Trinajstić information content (AvgIpc) is 2.43. The van der Waals surface area contributed by atoms with E-state index >= 15 is 0 Å². The van der Waals surface area contributed by atoms with Crippen molar-refractivity contribution in [3.63, 3.8) is 0 Å². The Labute approximate surface area is 136 Å². The zero-order chi connectivity index (χ0) is 15.7. The number of likely N-dealkylation sites (N-methyl/N-ethyl adjacent to an activating group) is 1. The number of methoxy groups -OCH3 is 1. The predicted octanol–water partition coefficient (Wildman–Crippen LogP) is 3.05. The Bertz CT molecular complexity index is 413. The predicted molar refractivity (Wildman–Crippen MR) is 92.1 cm³/mol. The van der Waals surface area contributed by atoms with Crippen LogP contribution >= 0.6 is 15.9 Å². The topological polar surface area (TPSA) is 33.7 Å². The van der Waals surface area contributed by atoms with Gasteiger partial charge in [-0.2, -0.15) is 0 Å². The molecule has 0 spiro atoms. The molecule has 0 saturated heterocycles. The molecule has 0 aliphatic heterocycles. The van der Waals surface area contributed by atoms with Gasteiger partial charge in [0.05, 0.1) is 25.0 Å². The average molecular weight is 359 g/mol. The Morgan fingerprint density at radius 1 is 1.29 bits per heavy atom. The summed E-state index contributed by atoms with van der Waals surface area (Å²) in [4.78, 5) is 2.20. The highest BCUT2D eigenvalue weighted by atomic mass is 79.9. The van der Waals surface area contributed by atoms with Gasteiger partial charge in [-0.15, -0.1) is 0 Å². The maximum atomic E-state index is 5.59. The van der Waals surface area contributed by atoms with Gasteiger partial charge in [0.2, 0.25) is 0 Å². The summed E-state index contributed by atoms with van der Waals surface area (Å²) in [7, 11) is 3.80. The lowest BCUT2D eigenvalue weighted by atomic mass is 10.2. The van der Waals surface area contributed by atoms with Gasteiger partial charge in [0.25, 0.3) is 0 Å². The molecule has 0 unspecified atom stereocenters. The van der Waals surface area contributed by atoms with Crippen LogP contribution in [-0.2, 0) is 16.0 Å². The first-order chi connectivity index (χ1) is 10.0. The molecule has 120 valence electrons. The smallest absolute Gasteiger partial charge is 0.0644 e. The van der Waals surface area contributed by atoms with Crippen LogP contribution < -0.4 is 10.2 Å². The molecule has 0 aromatic heterocycles. The van der Waals surface area contributed by atoms with Crippen molar-refractivity contribution >= 4 is 21.6 Å². The summed E-state index contributed by atoms with van der Waals surface area (Å²) >= 11 is 3.66. The first-order valence-corrected chi connectivity index (χ1v) is 8.14. The van der Waals surface area contributed by atoms with E-state index in [9.17, 15) is 0 Å². The van der Waals surface area contributed by atoms with E-state index in [0.717, 1.165) is 37.3 Å². The molecule has 0 atom stereocenters. The van der Waals surface area contributed by atoms with Crippen molar-refractivity contribution in [3.8, 4) is 0 Å². The zero-order valence-corrected chi connectivity index (χ0v) is 15.1. The second-order valence-electron chi connectivity index (χ2n) is 5.30. The molecule has 4 nitrogen and oxygen atoms in total. The summed E-state index contributed by atoms with van der Waals surface area (Å²) in [6.07, 6.45) is 0.280. The van der Waals surface area contributed by atoms with Crippen molar-refractivity contribution in [2.75, 3.05) is 45.4 Å². The Hall–Kier alpha value is -0.620. The van der Waals surface area contributed by atoms with Gasteiger partial charge in [-0.25, -0.2) is 0 Å². The van der Waals surface area contributed by atoms with Gasteiger partial charge in [0.15, 0.2) is 0 Å². The van der Waals surface area contributed by atoms with Crippen LogP contribution in [0.15, 0.2) is 22.7 Å². The van der Waals surface area contributed by atoms with Crippen LogP contribution in [0, 0.1) is 0 Å². The molecule has 1 rings (SSSR count). The summed E-state index contributed by atoms with van der Waals surface area (Å²) in [5.74, 6) is 0. The lowest BCUT2D eigenvalue weighted by Gasteiger charge is -2.22. The van der Waals surface area contributed by atoms with Gasteiger partial charge in [0.1, 0.15) is 0 Å². The van der Waals surface area contributed by atoms with E-state index in [-0.39, 0.29) is 6.10 Å². The van der Waals surface area contributed by atoms with Crippen molar-refractivity contribution in [1.29, 1.82) is 0 Å². The number of rotatable bonds is 10. The lowest BCUT2D eigenvalue weighted by Crippen LogP contribution is -2.24. The Morgan fingerprint density at radius 2 is 2.05 bits per heavy atom. The molecular weight excluding hydrogens is 332 g/mol. The summed E-state index contributed by atoms with van der Waals surface area (Å²) in [5.41, 5.74) is 2.44. The first kappa shape index (κ1) is 18.4. The molecule has 0 heterocycles. The third kappa shape index (κ3) is 7.27. The lowest BCUT2D eigenvalue weighted by molar-refractivity contribution is 0.0846. The minimum absolute atomic E-state index is 0.280. The molecule has 21 heavy (non-hydrogen) atoms. The number of hydrogen-bond acceptors (Lipinski definition) is 4. The fourth-order valence-corrected chi connectivity index (χ4v) is 2.65. The van der Waals surface area contributed by atoms with Crippen LogP contribution in [0.4, 0.5) is 5.69 Å². The number of hydrogen-bond donors (Lipinski definition) is 1. The van der Waals surface area contributed by atoms with Crippen LogP contribution in [0.25, 0.3) is 0 Å². The molecule has 0 saturated carbocycles. The Kier molecular flexibility index (Phi) is 8.92. The maximum Gasteiger partial charge on any atom is 0.0644 e. The number of anilines is 1. The minimum atomic E-state index is 0.280. The van der Waals surface area contributed by atoms with Crippen LogP contribution in [0.2, 0.25) is 0 Å². The van der Waals surface area contributed by atoms with Crippen LogP contribution in [-0.4, -0.2) is 46.6 Å². The van der Waals surface area contributed by atoms with Crippen molar-refractivity contribution < 1.29 is 9.47 Å². The summed E-state index contributed by atoms with van der Waals surface area (Å²) in [6.45, 7) is 8.17. The fourth-order valence-electron chi connectivity index (χ4n) is 1.92. The largest absolute Gasteiger partial charge is 0.383 e. The normalized spacial score (nSPS) is 11.1. The highest BCUT2D eigenvalue weighted by molar-refractivity contribution is 9.10. The molecule has 1 N–H and O–H groups in total. The molecule has 0 radical (unpaired) electrons. The van der Waals surface area contributed by atoms with E-state index in [4.69, 9.17) is 9.47 Å². The van der Waals surface area contributed by atoms with Crippen LogP contribution in [0.1, 0.15) is 19.4 Å². The summed E-state index contributed by atoms with van der Waals surface area (Å²) in [5, 5.41) is 3.35. The molecule has 0 bridgehead atoms. The highest BCUT2D eigenvalue weighted by Gasteiger charge is 2.07. The second kappa shape index (κ2) is 10.2. The summed E-state index contributed by atoms with van der Waals surface area (Å²) < 4.78 is 11.7. The van der Waals surface area contributed by atoms with Crippen LogP contribution in [0.5, 0.6) is 0 Å². The standard InChI is InChI=1S/C16H27BrN2O2/c1-13(2)21-10-8-19(3)16-6-5-14(11-15(16)17)12-18-7-9-20-4/h5-6,11,13,18H,7-10,12H2,1-4H3. The molecule has 0 aliphatic carbocycles. The quantitative estimate of drug-likeness (QED) is 0.651. The monoisotopic (exact) mass is 358 g/mol. The van der Waals surface area contributed by atoms with Gasteiger partial charge in [-0.3, -0.25) is 0 Å². The van der Waals surface area contributed by atoms with E-state index in [1.54, 1.807) is 7.11 Å². The summed E-state index contributed by atoms with van der Waals surface area (Å²) in [6, 6.07) is 6.46. The van der Waals surface area contributed by atoms with Crippen molar-refractivity contribution in [2.24, 2.45) is 0 Å². The van der Waals surface area contributed by atoms with E-state index in [1.165, 1.54) is 11.3 Å². The molecule has 0 aliphatic rings. The molecule has 1 aromatic rings. The zero-order valence-electron chi connectivity index (χ0n) is 13.5. The van der Waals surface area contributed by atoms with Crippen molar-refractivity contribution in [3.05, 3.63) is 28.2 Å². The number of halogens is 1. The molecule has 0 amide bonds. The van der Waals surface area contributed by atoms with Gasteiger partial charge in [-0.1, -0.05) is 6.07 Å². The van der Waals surface area contributed by atoms with Gasteiger partial charge < -0.3 is 19.7 Å². The van der Waals surface area contributed by atoms with E-state index in [1.807, 2.05) is 0 Å². The SMILES string of the molecule is COCCNCc1ccc(N(C)CCOC(C)C)c(Br)c1. The van der Waals surface area contributed by atoms with Crippen molar-refractivity contribution in [1.82, 2.24) is 5.32 Å². The van der Waals surface area contributed by atoms with E-state index < -0.39 is 0 Å². The third-order valence-corrected chi connectivity index (χ3v) is 3.75. The first-order valence-electron chi connectivity index (χ1n) is 7.35. The number of ether oxygens (including phenoxy) is 2. The van der Waals surface area contributed by atoms with Gasteiger partial charge >= 0.3 is 0 Å². The molecule has 0 fully saturated rings. The second-order valence-corrected chi connectivity index (χ2v) is 6.15. The highest BCUT2D eigenvalue weighted by Crippen LogP contribution is 2.26. The van der Waals surface area contributed by atoms with E-state index in [0.29, 0.717) is 0 Å². The third-order valence-electron chi connectivity index (χ3n) is 3.11. The fraction of sp³-hybridized carbons (Fsp3) is 0.625. The molecule has 1 aromatic carbocycles. The minimum Gasteiger partial charge on any atom is -0.383 e. The Morgan fingerprint density at radius 3 is 2.67 bits per heavy atom. The number of nitrogens with zero attached hydrogens (tertiary/aromatic N) is 1. The number of nitrogens with one attached hydrogen (secondary N) is 1. The van der Waals surface area contributed by atoms with Gasteiger partial charge in [-0.05, 0) is 47.5 Å². The molecule has 5 heteroatoms. The van der Waals surface area contributed by atoms with Gasteiger partial charge in [0, 0.05) is 38.3 Å². The van der Waals surface area contributed by atoms with E-state index in [2.05, 4.69) is 65.2 Å². The van der Waals surface area contributed by atoms with Crippen molar-refractivity contribution in [2.45, 2.75) is 26.5 Å². The maximum absolute atomic E-state index is 5.59. The molecular formula is C16H27BrN2O2.